The molecule has 2 aromatic carbocycles. The molecule has 0 aliphatic carbocycles. The van der Waals surface area contributed by atoms with Crippen LogP contribution in [0.15, 0.2) is 48.5 Å². The van der Waals surface area contributed by atoms with Gasteiger partial charge in [-0.1, -0.05) is 6.92 Å². The number of rotatable bonds is 9. The van der Waals surface area contributed by atoms with E-state index in [1.54, 1.807) is 31.4 Å². The van der Waals surface area contributed by atoms with Crippen LogP contribution in [-0.4, -0.2) is 32.3 Å². The van der Waals surface area contributed by atoms with Crippen molar-refractivity contribution >= 4 is 5.91 Å². The highest BCUT2D eigenvalue weighted by molar-refractivity contribution is 5.81. The summed E-state index contributed by atoms with van der Waals surface area (Å²) in [7, 11) is 1.60. The first kappa shape index (κ1) is 18.6. The topological polar surface area (TPSA) is 56.8 Å². The fourth-order valence-electron chi connectivity index (χ4n) is 2.13. The molecule has 25 heavy (non-hydrogen) atoms. The SMILES string of the molecule is CC[C@@H](Oc1ccc(F)cc1)C(=O)NCCOc1ccc(OC)cc1. The van der Waals surface area contributed by atoms with Gasteiger partial charge in [-0.25, -0.2) is 4.39 Å². The van der Waals surface area contributed by atoms with Gasteiger partial charge in [0, 0.05) is 0 Å². The summed E-state index contributed by atoms with van der Waals surface area (Å²) in [6.07, 6.45) is -0.130. The monoisotopic (exact) mass is 347 g/mol. The number of methoxy groups -OCH3 is 1. The maximum atomic E-state index is 12.9. The van der Waals surface area contributed by atoms with Gasteiger partial charge in [0.05, 0.1) is 13.7 Å². The van der Waals surface area contributed by atoms with Gasteiger partial charge in [0.25, 0.3) is 5.91 Å². The molecule has 0 spiro atoms. The molecule has 0 aromatic heterocycles. The van der Waals surface area contributed by atoms with Crippen molar-refractivity contribution in [1.29, 1.82) is 0 Å². The highest BCUT2D eigenvalue weighted by Crippen LogP contribution is 2.17. The van der Waals surface area contributed by atoms with Crippen molar-refractivity contribution in [2.24, 2.45) is 0 Å². The molecule has 0 saturated heterocycles. The Morgan fingerprint density at radius 1 is 1.04 bits per heavy atom. The summed E-state index contributed by atoms with van der Waals surface area (Å²) in [4.78, 5) is 12.2. The van der Waals surface area contributed by atoms with E-state index in [-0.39, 0.29) is 11.7 Å². The van der Waals surface area contributed by atoms with Crippen molar-refractivity contribution in [3.05, 3.63) is 54.3 Å². The third-order valence-electron chi connectivity index (χ3n) is 3.48. The molecule has 0 bridgehead atoms. The quantitative estimate of drug-likeness (QED) is 0.708. The molecule has 0 aliphatic rings. The minimum atomic E-state index is -0.633. The fraction of sp³-hybridized carbons (Fsp3) is 0.316. The van der Waals surface area contributed by atoms with Crippen molar-refractivity contribution in [2.75, 3.05) is 20.3 Å². The molecule has 0 fully saturated rings. The number of carbonyl (C=O) groups is 1. The van der Waals surface area contributed by atoms with Crippen LogP contribution in [0.25, 0.3) is 0 Å². The van der Waals surface area contributed by atoms with E-state index in [9.17, 15) is 9.18 Å². The van der Waals surface area contributed by atoms with Crippen LogP contribution in [0.2, 0.25) is 0 Å². The molecule has 0 saturated carbocycles. The predicted octanol–water partition coefficient (Wildman–Crippen LogP) is 3.19. The van der Waals surface area contributed by atoms with E-state index in [4.69, 9.17) is 14.2 Å². The normalized spacial score (nSPS) is 11.5. The Balaban J connectivity index is 1.74. The van der Waals surface area contributed by atoms with Crippen molar-refractivity contribution in [2.45, 2.75) is 19.4 Å². The number of benzene rings is 2. The third-order valence-corrected chi connectivity index (χ3v) is 3.48. The molecule has 134 valence electrons. The Kier molecular flexibility index (Phi) is 7.07. The minimum absolute atomic E-state index is 0.231. The number of ether oxygens (including phenoxy) is 3. The summed E-state index contributed by atoms with van der Waals surface area (Å²) < 4.78 is 29.1. The first-order valence-electron chi connectivity index (χ1n) is 8.09. The average Bonchev–Trinajstić information content (AvgIpc) is 2.65. The van der Waals surface area contributed by atoms with Crippen LogP contribution in [-0.2, 0) is 4.79 Å². The van der Waals surface area contributed by atoms with E-state index in [1.807, 2.05) is 6.92 Å². The van der Waals surface area contributed by atoms with E-state index >= 15 is 0 Å². The van der Waals surface area contributed by atoms with Gasteiger partial charge in [-0.3, -0.25) is 4.79 Å². The van der Waals surface area contributed by atoms with Gasteiger partial charge in [-0.05, 0) is 55.0 Å². The lowest BCUT2D eigenvalue weighted by atomic mass is 10.2. The summed E-state index contributed by atoms with van der Waals surface area (Å²) >= 11 is 0. The lowest BCUT2D eigenvalue weighted by molar-refractivity contribution is -0.128. The van der Waals surface area contributed by atoms with Crippen LogP contribution in [0.1, 0.15) is 13.3 Å². The summed E-state index contributed by atoms with van der Waals surface area (Å²) in [6, 6.07) is 12.8. The molecule has 1 atom stereocenters. The van der Waals surface area contributed by atoms with Crippen molar-refractivity contribution in [3.63, 3.8) is 0 Å². The zero-order valence-corrected chi connectivity index (χ0v) is 14.3. The van der Waals surface area contributed by atoms with Gasteiger partial charge in [-0.15, -0.1) is 0 Å². The Morgan fingerprint density at radius 3 is 2.24 bits per heavy atom. The highest BCUT2D eigenvalue weighted by Gasteiger charge is 2.17. The zero-order chi connectivity index (χ0) is 18.1. The number of amides is 1. The van der Waals surface area contributed by atoms with Crippen LogP contribution in [0, 0.1) is 5.82 Å². The van der Waals surface area contributed by atoms with Crippen LogP contribution in [0.5, 0.6) is 17.2 Å². The van der Waals surface area contributed by atoms with Gasteiger partial charge < -0.3 is 19.5 Å². The molecule has 2 aromatic rings. The molecular formula is C19H22FNO4. The number of hydrogen-bond acceptors (Lipinski definition) is 4. The molecule has 0 heterocycles. The van der Waals surface area contributed by atoms with Gasteiger partial charge in [0.1, 0.15) is 29.7 Å². The van der Waals surface area contributed by atoms with Crippen LogP contribution in [0.3, 0.4) is 0 Å². The maximum absolute atomic E-state index is 12.9. The number of carbonyl (C=O) groups excluding carboxylic acids is 1. The highest BCUT2D eigenvalue weighted by atomic mass is 19.1. The smallest absolute Gasteiger partial charge is 0.261 e. The summed E-state index contributed by atoms with van der Waals surface area (Å²) in [6.45, 7) is 2.54. The van der Waals surface area contributed by atoms with E-state index in [2.05, 4.69) is 5.32 Å². The standard InChI is InChI=1S/C19H22FNO4/c1-3-18(25-17-6-4-14(20)5-7-17)19(22)21-12-13-24-16-10-8-15(23-2)9-11-16/h4-11,18H,3,12-13H2,1-2H3,(H,21,22)/t18-/m1/s1. The molecule has 0 unspecified atom stereocenters. The molecule has 2 rings (SSSR count). The molecule has 1 amide bonds. The second-order valence-electron chi connectivity index (χ2n) is 5.28. The predicted molar refractivity (Wildman–Crippen MR) is 92.6 cm³/mol. The Labute approximate surface area is 146 Å². The second-order valence-corrected chi connectivity index (χ2v) is 5.28. The summed E-state index contributed by atoms with van der Waals surface area (Å²) in [5.41, 5.74) is 0. The number of halogens is 1. The van der Waals surface area contributed by atoms with Gasteiger partial charge >= 0.3 is 0 Å². The Hall–Kier alpha value is -2.76. The summed E-state index contributed by atoms with van der Waals surface area (Å²) in [5.74, 6) is 1.33. The Morgan fingerprint density at radius 2 is 1.64 bits per heavy atom. The van der Waals surface area contributed by atoms with E-state index in [0.717, 1.165) is 5.75 Å². The molecule has 0 radical (unpaired) electrons. The summed E-state index contributed by atoms with van der Waals surface area (Å²) in [5, 5.41) is 2.77. The van der Waals surface area contributed by atoms with Crippen LogP contribution in [0.4, 0.5) is 4.39 Å². The molecule has 1 N–H and O–H groups in total. The molecular weight excluding hydrogens is 325 g/mol. The number of nitrogens with one attached hydrogen (secondary N) is 1. The average molecular weight is 347 g/mol. The minimum Gasteiger partial charge on any atom is -0.497 e. The second kappa shape index (κ2) is 9.52. The van der Waals surface area contributed by atoms with E-state index in [0.29, 0.717) is 31.1 Å². The molecule has 6 heteroatoms. The maximum Gasteiger partial charge on any atom is 0.261 e. The largest absolute Gasteiger partial charge is 0.497 e. The van der Waals surface area contributed by atoms with E-state index in [1.165, 1.54) is 24.3 Å². The lowest BCUT2D eigenvalue weighted by Gasteiger charge is -2.17. The van der Waals surface area contributed by atoms with E-state index < -0.39 is 6.10 Å². The van der Waals surface area contributed by atoms with Crippen molar-refractivity contribution < 1.29 is 23.4 Å². The Bertz CT molecular complexity index is 658. The van der Waals surface area contributed by atoms with Crippen molar-refractivity contribution in [1.82, 2.24) is 5.32 Å². The van der Waals surface area contributed by atoms with Crippen molar-refractivity contribution in [3.8, 4) is 17.2 Å². The lowest BCUT2D eigenvalue weighted by Crippen LogP contribution is -2.39. The molecule has 0 aliphatic heterocycles. The molecule has 5 nitrogen and oxygen atoms in total. The van der Waals surface area contributed by atoms with Gasteiger partial charge in [0.15, 0.2) is 6.10 Å². The van der Waals surface area contributed by atoms with Crippen LogP contribution >= 0.6 is 0 Å². The van der Waals surface area contributed by atoms with Crippen LogP contribution < -0.4 is 19.5 Å². The number of hydrogen-bond donors (Lipinski definition) is 1. The van der Waals surface area contributed by atoms with Gasteiger partial charge in [-0.2, -0.15) is 0 Å². The third kappa shape index (κ3) is 5.99. The van der Waals surface area contributed by atoms with Gasteiger partial charge in [0.2, 0.25) is 0 Å². The zero-order valence-electron chi connectivity index (χ0n) is 14.3. The first-order chi connectivity index (χ1) is 12.1. The first-order valence-corrected chi connectivity index (χ1v) is 8.09. The fourth-order valence-corrected chi connectivity index (χ4v) is 2.13.